The minimum Gasteiger partial charge on any atom is -0.495 e. The molecule has 0 unspecified atom stereocenters. The van der Waals surface area contributed by atoms with Gasteiger partial charge in [0.05, 0.1) is 12.1 Å². The zero-order chi connectivity index (χ0) is 17.7. The highest BCUT2D eigenvalue weighted by atomic mass is 35.5. The second-order valence-electron chi connectivity index (χ2n) is 5.80. The smallest absolute Gasteiger partial charge is 0.248 e. The number of hydrogen-bond acceptors (Lipinski definition) is 4. The minimum atomic E-state index is -0.443. The third-order valence-electron chi connectivity index (χ3n) is 3.58. The highest BCUT2D eigenvalue weighted by molar-refractivity contribution is 6.32. The fourth-order valence-electron chi connectivity index (χ4n) is 2.39. The summed E-state index contributed by atoms with van der Waals surface area (Å²) in [5.41, 5.74) is 8.85. The van der Waals surface area contributed by atoms with Crippen LogP contribution in [-0.4, -0.2) is 32.0 Å². The number of rotatable bonds is 7. The van der Waals surface area contributed by atoms with Crippen LogP contribution in [0.5, 0.6) is 5.75 Å². The SMILES string of the molecule is COc1ccc(CNc2cc(C(N)=O)ccc2CN(C)C)cc1Cl. The van der Waals surface area contributed by atoms with Crippen molar-refractivity contribution in [3.05, 3.63) is 58.1 Å². The molecule has 0 saturated heterocycles. The number of carbonyl (C=O) groups is 1. The van der Waals surface area contributed by atoms with Gasteiger partial charge >= 0.3 is 0 Å². The molecule has 2 rings (SSSR count). The van der Waals surface area contributed by atoms with Crippen LogP contribution in [0.1, 0.15) is 21.5 Å². The van der Waals surface area contributed by atoms with Crippen LogP contribution in [0, 0.1) is 0 Å². The van der Waals surface area contributed by atoms with Crippen LogP contribution in [0.15, 0.2) is 36.4 Å². The van der Waals surface area contributed by atoms with Crippen molar-refractivity contribution in [2.24, 2.45) is 5.73 Å². The molecule has 0 spiro atoms. The van der Waals surface area contributed by atoms with Gasteiger partial charge in [-0.25, -0.2) is 0 Å². The molecule has 0 heterocycles. The fraction of sp³-hybridized carbons (Fsp3) is 0.278. The predicted molar refractivity (Wildman–Crippen MR) is 97.7 cm³/mol. The van der Waals surface area contributed by atoms with E-state index in [1.54, 1.807) is 19.2 Å². The summed E-state index contributed by atoms with van der Waals surface area (Å²) in [5.74, 6) is 0.200. The third kappa shape index (κ3) is 4.63. The van der Waals surface area contributed by atoms with Crippen LogP contribution >= 0.6 is 11.6 Å². The Morgan fingerprint density at radius 2 is 2.00 bits per heavy atom. The number of amides is 1. The molecule has 0 bridgehead atoms. The topological polar surface area (TPSA) is 67.6 Å². The Morgan fingerprint density at radius 1 is 1.25 bits per heavy atom. The van der Waals surface area contributed by atoms with Crippen molar-refractivity contribution in [1.82, 2.24) is 4.90 Å². The number of nitrogens with two attached hydrogens (primary N) is 1. The summed E-state index contributed by atoms with van der Waals surface area (Å²) >= 11 is 6.16. The normalized spacial score (nSPS) is 10.7. The van der Waals surface area contributed by atoms with Crippen LogP contribution in [0.25, 0.3) is 0 Å². The van der Waals surface area contributed by atoms with Crippen molar-refractivity contribution >= 4 is 23.2 Å². The summed E-state index contributed by atoms with van der Waals surface area (Å²) in [6.07, 6.45) is 0. The predicted octanol–water partition coefficient (Wildman–Crippen LogP) is 3.12. The van der Waals surface area contributed by atoms with E-state index in [4.69, 9.17) is 22.1 Å². The van der Waals surface area contributed by atoms with Crippen molar-refractivity contribution in [1.29, 1.82) is 0 Å². The van der Waals surface area contributed by atoms with E-state index in [1.165, 1.54) is 0 Å². The van der Waals surface area contributed by atoms with Crippen molar-refractivity contribution in [2.45, 2.75) is 13.1 Å². The maximum absolute atomic E-state index is 11.4. The van der Waals surface area contributed by atoms with Gasteiger partial charge in [-0.3, -0.25) is 4.79 Å². The molecule has 0 aliphatic carbocycles. The molecule has 0 saturated carbocycles. The lowest BCUT2D eigenvalue weighted by molar-refractivity contribution is 0.100. The van der Waals surface area contributed by atoms with Crippen LogP contribution in [-0.2, 0) is 13.1 Å². The van der Waals surface area contributed by atoms with E-state index in [0.29, 0.717) is 22.9 Å². The van der Waals surface area contributed by atoms with Gasteiger partial charge in [0.15, 0.2) is 0 Å². The highest BCUT2D eigenvalue weighted by Gasteiger charge is 2.09. The highest BCUT2D eigenvalue weighted by Crippen LogP contribution is 2.26. The Morgan fingerprint density at radius 3 is 2.58 bits per heavy atom. The number of nitrogens with zero attached hydrogens (tertiary/aromatic N) is 1. The van der Waals surface area contributed by atoms with Gasteiger partial charge in [0.2, 0.25) is 5.91 Å². The number of halogens is 1. The summed E-state index contributed by atoms with van der Waals surface area (Å²) < 4.78 is 5.16. The van der Waals surface area contributed by atoms with Gasteiger partial charge in [0.1, 0.15) is 5.75 Å². The molecule has 2 aromatic carbocycles. The van der Waals surface area contributed by atoms with Crippen molar-refractivity contribution in [2.75, 3.05) is 26.5 Å². The van der Waals surface area contributed by atoms with E-state index in [2.05, 4.69) is 10.2 Å². The van der Waals surface area contributed by atoms with Crippen LogP contribution in [0.2, 0.25) is 5.02 Å². The summed E-state index contributed by atoms with van der Waals surface area (Å²) in [6, 6.07) is 11.1. The van der Waals surface area contributed by atoms with Crippen molar-refractivity contribution in [3.8, 4) is 5.75 Å². The molecule has 0 atom stereocenters. The van der Waals surface area contributed by atoms with Gasteiger partial charge in [-0.2, -0.15) is 0 Å². The maximum Gasteiger partial charge on any atom is 0.248 e. The van der Waals surface area contributed by atoms with E-state index < -0.39 is 5.91 Å². The molecule has 6 heteroatoms. The molecule has 0 aliphatic rings. The quantitative estimate of drug-likeness (QED) is 0.807. The zero-order valence-corrected chi connectivity index (χ0v) is 14.9. The van der Waals surface area contributed by atoms with Crippen LogP contribution < -0.4 is 15.8 Å². The molecule has 0 fully saturated rings. The molecule has 128 valence electrons. The monoisotopic (exact) mass is 347 g/mol. The van der Waals surface area contributed by atoms with Crippen LogP contribution in [0.4, 0.5) is 5.69 Å². The molecule has 5 nitrogen and oxygen atoms in total. The first-order chi connectivity index (χ1) is 11.4. The van der Waals surface area contributed by atoms with Gasteiger partial charge in [0, 0.05) is 24.3 Å². The number of carbonyl (C=O) groups excluding carboxylic acids is 1. The van der Waals surface area contributed by atoms with Gasteiger partial charge in [-0.05, 0) is 49.5 Å². The summed E-state index contributed by atoms with van der Waals surface area (Å²) in [7, 11) is 5.58. The van der Waals surface area contributed by atoms with Crippen LogP contribution in [0.3, 0.4) is 0 Å². The summed E-state index contributed by atoms with van der Waals surface area (Å²) in [5, 5.41) is 3.93. The summed E-state index contributed by atoms with van der Waals surface area (Å²) in [4.78, 5) is 13.5. The number of benzene rings is 2. The van der Waals surface area contributed by atoms with Gasteiger partial charge in [-0.1, -0.05) is 23.7 Å². The Bertz CT molecular complexity index is 732. The van der Waals surface area contributed by atoms with Gasteiger partial charge in [-0.15, -0.1) is 0 Å². The van der Waals surface area contributed by atoms with E-state index >= 15 is 0 Å². The lowest BCUT2D eigenvalue weighted by Gasteiger charge is -2.17. The molecule has 0 radical (unpaired) electrons. The fourth-order valence-corrected chi connectivity index (χ4v) is 2.67. The molecule has 3 N–H and O–H groups in total. The number of ether oxygens (including phenoxy) is 1. The molecule has 2 aromatic rings. The summed E-state index contributed by atoms with van der Waals surface area (Å²) in [6.45, 7) is 1.33. The second-order valence-corrected chi connectivity index (χ2v) is 6.20. The first kappa shape index (κ1) is 18.1. The molecular weight excluding hydrogens is 326 g/mol. The number of anilines is 1. The lowest BCUT2D eigenvalue weighted by atomic mass is 10.1. The molecule has 0 aromatic heterocycles. The Hall–Kier alpha value is -2.24. The molecule has 0 aliphatic heterocycles. The first-order valence-corrected chi connectivity index (χ1v) is 7.92. The standard InChI is InChI=1S/C18H22ClN3O2/c1-22(2)11-14-6-5-13(18(20)23)9-16(14)21-10-12-4-7-17(24-3)15(19)8-12/h4-9,21H,10-11H2,1-3H3,(H2,20,23). The first-order valence-electron chi connectivity index (χ1n) is 7.54. The van der Waals surface area contributed by atoms with E-state index in [0.717, 1.165) is 23.4 Å². The molecule has 1 amide bonds. The Labute approximate surface area is 147 Å². The number of hydrogen-bond donors (Lipinski definition) is 2. The van der Waals surface area contributed by atoms with Gasteiger partial charge in [0.25, 0.3) is 0 Å². The zero-order valence-electron chi connectivity index (χ0n) is 14.1. The van der Waals surface area contributed by atoms with Crippen molar-refractivity contribution < 1.29 is 9.53 Å². The molecule has 24 heavy (non-hydrogen) atoms. The van der Waals surface area contributed by atoms with E-state index in [-0.39, 0.29) is 0 Å². The number of primary amides is 1. The van der Waals surface area contributed by atoms with E-state index in [9.17, 15) is 4.79 Å². The number of methoxy groups -OCH3 is 1. The van der Waals surface area contributed by atoms with Crippen molar-refractivity contribution in [3.63, 3.8) is 0 Å². The van der Waals surface area contributed by atoms with E-state index in [1.807, 2.05) is 38.4 Å². The minimum absolute atomic E-state index is 0.443. The average molecular weight is 348 g/mol. The largest absolute Gasteiger partial charge is 0.495 e. The maximum atomic E-state index is 11.4. The number of nitrogens with one attached hydrogen (secondary N) is 1. The Kier molecular flexibility index (Phi) is 6.06. The second kappa shape index (κ2) is 8.04. The third-order valence-corrected chi connectivity index (χ3v) is 3.88. The van der Waals surface area contributed by atoms with Gasteiger partial charge < -0.3 is 20.7 Å². The Balaban J connectivity index is 2.21. The average Bonchev–Trinajstić information content (AvgIpc) is 2.53. The lowest BCUT2D eigenvalue weighted by Crippen LogP contribution is -2.15. The molecular formula is C18H22ClN3O2.